The lowest BCUT2D eigenvalue weighted by Crippen LogP contribution is -2.59. The molecular weight excluding hydrogens is 290 g/mol. The molecule has 0 radical (unpaired) electrons. The highest BCUT2D eigenvalue weighted by Crippen LogP contribution is 2.75. The summed E-state index contributed by atoms with van der Waals surface area (Å²) in [7, 11) is 0. The molecule has 0 aliphatic heterocycles. The fourth-order valence-corrected chi connectivity index (χ4v) is 6.62. The monoisotopic (exact) mass is 317 g/mol. The van der Waals surface area contributed by atoms with E-state index in [-0.39, 0.29) is 5.41 Å². The molecule has 5 rings (SSSR count). The molecule has 2 N–H and O–H groups in total. The van der Waals surface area contributed by atoms with Gasteiger partial charge in [0.2, 0.25) is 0 Å². The molecule has 0 unspecified atom stereocenters. The van der Waals surface area contributed by atoms with Crippen LogP contribution >= 0.6 is 0 Å². The molecule has 0 atom stereocenters. The van der Waals surface area contributed by atoms with Gasteiger partial charge in [0.1, 0.15) is 0 Å². The minimum atomic E-state index is 0.245. The molecule has 2 fully saturated rings. The van der Waals surface area contributed by atoms with Gasteiger partial charge in [0.15, 0.2) is 0 Å². The van der Waals surface area contributed by atoms with E-state index in [4.69, 9.17) is 5.73 Å². The van der Waals surface area contributed by atoms with E-state index >= 15 is 0 Å². The zero-order chi connectivity index (χ0) is 16.6. The third-order valence-corrected chi connectivity index (χ3v) is 7.65. The van der Waals surface area contributed by atoms with E-state index in [2.05, 4.69) is 56.3 Å². The first-order chi connectivity index (χ1) is 11.6. The van der Waals surface area contributed by atoms with Gasteiger partial charge in [0.05, 0.1) is 0 Å². The van der Waals surface area contributed by atoms with Crippen molar-refractivity contribution in [2.45, 2.75) is 57.8 Å². The maximum absolute atomic E-state index is 6.17. The largest absolute Gasteiger partial charge is 0.399 e. The molecule has 0 saturated heterocycles. The molecule has 24 heavy (non-hydrogen) atoms. The quantitative estimate of drug-likeness (QED) is 0.684. The van der Waals surface area contributed by atoms with Gasteiger partial charge in [0, 0.05) is 11.1 Å². The zero-order valence-electron chi connectivity index (χ0n) is 14.9. The molecule has 0 amide bonds. The van der Waals surface area contributed by atoms with Crippen LogP contribution in [0.25, 0.3) is 11.1 Å². The first kappa shape index (κ1) is 14.6. The zero-order valence-corrected chi connectivity index (χ0v) is 14.9. The van der Waals surface area contributed by atoms with Gasteiger partial charge in [0.25, 0.3) is 0 Å². The van der Waals surface area contributed by atoms with Crippen molar-refractivity contribution in [3.63, 3.8) is 0 Å². The van der Waals surface area contributed by atoms with Gasteiger partial charge in [-0.05, 0) is 70.9 Å². The summed E-state index contributed by atoms with van der Waals surface area (Å²) >= 11 is 0. The second-order valence-electron chi connectivity index (χ2n) is 8.85. The molecular formula is C23H27N. The third-order valence-electron chi connectivity index (χ3n) is 7.65. The molecule has 3 aliphatic rings. The smallest absolute Gasteiger partial charge is 0.0317 e. The molecule has 1 heteroatoms. The van der Waals surface area contributed by atoms with Crippen LogP contribution in [0.3, 0.4) is 0 Å². The van der Waals surface area contributed by atoms with E-state index in [0.29, 0.717) is 10.8 Å². The van der Waals surface area contributed by atoms with Crippen molar-refractivity contribution in [3.8, 4) is 11.1 Å². The summed E-state index contributed by atoms with van der Waals surface area (Å²) in [5, 5.41) is 0. The minimum absolute atomic E-state index is 0.245. The summed E-state index contributed by atoms with van der Waals surface area (Å²) in [6.07, 6.45) is 8.23. The van der Waals surface area contributed by atoms with E-state index in [0.717, 1.165) is 5.69 Å². The molecule has 2 saturated carbocycles. The average Bonchev–Trinajstić information content (AvgIpc) is 2.81. The summed E-state index contributed by atoms with van der Waals surface area (Å²) in [5.74, 6) is 0. The number of anilines is 1. The second-order valence-corrected chi connectivity index (χ2v) is 8.85. The average molecular weight is 317 g/mol. The van der Waals surface area contributed by atoms with Crippen LogP contribution in [0.5, 0.6) is 0 Å². The Kier molecular flexibility index (Phi) is 2.70. The number of hydrogen-bond acceptors (Lipinski definition) is 1. The Morgan fingerprint density at radius 3 is 2.21 bits per heavy atom. The molecule has 2 aromatic carbocycles. The standard InChI is InChI=1S/C23H27N/c1-3-21(4-2)12-22(13-21)14-23(15-22)19-8-6-5-7-17(19)18-10-9-16(24)11-20(18)23/h5-11H,3-4,12-15,24H2,1-2H3. The van der Waals surface area contributed by atoms with Gasteiger partial charge in [-0.2, -0.15) is 0 Å². The summed E-state index contributed by atoms with van der Waals surface area (Å²) < 4.78 is 0. The van der Waals surface area contributed by atoms with Crippen LogP contribution in [0, 0.1) is 10.8 Å². The summed E-state index contributed by atoms with van der Waals surface area (Å²) in [6.45, 7) is 4.76. The molecule has 2 aromatic rings. The number of hydrogen-bond donors (Lipinski definition) is 1. The van der Waals surface area contributed by atoms with Crippen molar-refractivity contribution in [1.29, 1.82) is 0 Å². The van der Waals surface area contributed by atoms with Crippen molar-refractivity contribution in [2.75, 3.05) is 5.73 Å². The first-order valence-electron chi connectivity index (χ1n) is 9.55. The number of nitrogens with two attached hydrogens (primary N) is 1. The number of rotatable bonds is 2. The Hall–Kier alpha value is -1.76. The number of fused-ring (bicyclic) bond motifs is 5. The van der Waals surface area contributed by atoms with Gasteiger partial charge >= 0.3 is 0 Å². The minimum Gasteiger partial charge on any atom is -0.399 e. The Balaban J connectivity index is 1.56. The highest BCUT2D eigenvalue weighted by atomic mass is 14.7. The highest BCUT2D eigenvalue weighted by molar-refractivity contribution is 5.83. The molecule has 2 spiro atoms. The molecule has 0 aromatic heterocycles. The lowest BCUT2D eigenvalue weighted by molar-refractivity contribution is -0.132. The van der Waals surface area contributed by atoms with Crippen molar-refractivity contribution >= 4 is 5.69 Å². The molecule has 0 heterocycles. The molecule has 3 aliphatic carbocycles. The maximum atomic E-state index is 6.17. The van der Waals surface area contributed by atoms with Gasteiger partial charge in [-0.15, -0.1) is 0 Å². The van der Waals surface area contributed by atoms with Crippen LogP contribution in [-0.2, 0) is 5.41 Å². The third kappa shape index (κ3) is 1.61. The fourth-order valence-electron chi connectivity index (χ4n) is 6.62. The van der Waals surface area contributed by atoms with Gasteiger partial charge in [-0.25, -0.2) is 0 Å². The van der Waals surface area contributed by atoms with Crippen LogP contribution in [0.2, 0.25) is 0 Å². The topological polar surface area (TPSA) is 26.0 Å². The van der Waals surface area contributed by atoms with Crippen molar-refractivity contribution in [3.05, 3.63) is 53.6 Å². The van der Waals surface area contributed by atoms with Crippen molar-refractivity contribution < 1.29 is 0 Å². The van der Waals surface area contributed by atoms with Crippen LogP contribution in [-0.4, -0.2) is 0 Å². The summed E-state index contributed by atoms with van der Waals surface area (Å²) in [6, 6.07) is 15.6. The fraction of sp³-hybridized carbons (Fsp3) is 0.478. The van der Waals surface area contributed by atoms with Gasteiger partial charge < -0.3 is 5.73 Å². The predicted octanol–water partition coefficient (Wildman–Crippen LogP) is 5.92. The van der Waals surface area contributed by atoms with Crippen molar-refractivity contribution in [1.82, 2.24) is 0 Å². The van der Waals surface area contributed by atoms with Gasteiger partial charge in [-0.3, -0.25) is 0 Å². The van der Waals surface area contributed by atoms with Gasteiger partial charge in [-0.1, -0.05) is 57.0 Å². The first-order valence-corrected chi connectivity index (χ1v) is 9.55. The van der Waals surface area contributed by atoms with E-state index in [9.17, 15) is 0 Å². The van der Waals surface area contributed by atoms with Crippen LogP contribution in [0.15, 0.2) is 42.5 Å². The van der Waals surface area contributed by atoms with E-state index in [1.807, 2.05) is 0 Å². The Morgan fingerprint density at radius 1 is 0.833 bits per heavy atom. The lowest BCUT2D eigenvalue weighted by Gasteiger charge is -2.68. The highest BCUT2D eigenvalue weighted by Gasteiger charge is 2.66. The van der Waals surface area contributed by atoms with E-state index < -0.39 is 0 Å². The molecule has 0 bridgehead atoms. The number of benzene rings is 2. The van der Waals surface area contributed by atoms with Crippen molar-refractivity contribution in [2.24, 2.45) is 10.8 Å². The number of nitrogen functional groups attached to an aromatic ring is 1. The molecule has 1 nitrogen and oxygen atoms in total. The normalized spacial score (nSPS) is 23.4. The lowest BCUT2D eigenvalue weighted by atomic mass is 9.36. The predicted molar refractivity (Wildman–Crippen MR) is 101 cm³/mol. The van der Waals surface area contributed by atoms with E-state index in [1.54, 1.807) is 5.56 Å². The van der Waals surface area contributed by atoms with E-state index in [1.165, 1.54) is 55.2 Å². The van der Waals surface area contributed by atoms with Crippen LogP contribution in [0.1, 0.15) is 63.5 Å². The second kappa shape index (κ2) is 4.45. The summed E-state index contributed by atoms with van der Waals surface area (Å²) in [4.78, 5) is 0. The summed E-state index contributed by atoms with van der Waals surface area (Å²) in [5.41, 5.74) is 14.5. The molecule has 124 valence electrons. The Bertz CT molecular complexity index is 812. The maximum Gasteiger partial charge on any atom is 0.0317 e. The SMILES string of the molecule is CCC1(CC)CC2(C1)CC1(C2)c2ccccc2-c2ccc(N)cc21. The Morgan fingerprint density at radius 2 is 1.50 bits per heavy atom. The van der Waals surface area contributed by atoms with Crippen LogP contribution in [0.4, 0.5) is 5.69 Å². The Labute approximate surface area is 145 Å². The van der Waals surface area contributed by atoms with Crippen LogP contribution < -0.4 is 5.73 Å².